The summed E-state index contributed by atoms with van der Waals surface area (Å²) in [6.45, 7) is 10.3. The first-order valence-electron chi connectivity index (χ1n) is 11.5. The van der Waals surface area contributed by atoms with E-state index < -0.39 is 0 Å². The molecule has 0 bridgehead atoms. The second kappa shape index (κ2) is 12.2. The van der Waals surface area contributed by atoms with E-state index in [-0.39, 0.29) is 0 Å². The molecule has 0 radical (unpaired) electrons. The highest BCUT2D eigenvalue weighted by atomic mass is 79.9. The van der Waals surface area contributed by atoms with Crippen LogP contribution in [0.2, 0.25) is 0 Å². The molecule has 0 aromatic heterocycles. The van der Waals surface area contributed by atoms with Crippen LogP contribution in [-0.4, -0.2) is 49.1 Å². The summed E-state index contributed by atoms with van der Waals surface area (Å²) in [6, 6.07) is 17.2. The number of nitriles is 1. The van der Waals surface area contributed by atoms with Crippen LogP contribution in [-0.2, 0) is 0 Å². The van der Waals surface area contributed by atoms with Gasteiger partial charge in [0, 0.05) is 43.2 Å². The highest BCUT2D eigenvalue weighted by Gasteiger charge is 2.25. The molecule has 0 spiro atoms. The molecule has 4 nitrogen and oxygen atoms in total. The minimum Gasteiger partial charge on any atom is -0.492 e. The van der Waals surface area contributed by atoms with Crippen LogP contribution < -0.4 is 4.74 Å². The van der Waals surface area contributed by atoms with Gasteiger partial charge in [0.1, 0.15) is 12.4 Å². The molecule has 5 heteroatoms. The molecule has 1 unspecified atom stereocenters. The molecule has 1 aliphatic heterocycles. The Kier molecular flexibility index (Phi) is 9.39. The molecule has 3 rings (SSSR count). The topological polar surface area (TPSA) is 39.5 Å². The standard InChI is InChI=1S/C26H34BrN3O/c1-3-4-5-6-26(22-7-8-23(20-28)21(2)19-22)30-15-13-29(14-16-30)17-18-31-25-11-9-24(27)10-12-25/h7-12,19,26H,3-6,13-18H2,1-2H3. The summed E-state index contributed by atoms with van der Waals surface area (Å²) in [5.41, 5.74) is 3.23. The van der Waals surface area contributed by atoms with E-state index in [0.29, 0.717) is 6.04 Å². The van der Waals surface area contributed by atoms with Crippen molar-refractivity contribution in [2.75, 3.05) is 39.3 Å². The number of rotatable bonds is 10. The molecular weight excluding hydrogens is 450 g/mol. The third kappa shape index (κ3) is 7.07. The SMILES string of the molecule is CCCCCC(c1ccc(C#N)c(C)c1)N1CCN(CCOc2ccc(Br)cc2)CC1. The van der Waals surface area contributed by atoms with Gasteiger partial charge in [-0.2, -0.15) is 5.26 Å². The average Bonchev–Trinajstić information content (AvgIpc) is 2.79. The predicted octanol–water partition coefficient (Wildman–Crippen LogP) is 5.95. The molecule has 0 saturated carbocycles. The van der Waals surface area contributed by atoms with Crippen molar-refractivity contribution in [1.82, 2.24) is 9.80 Å². The second-order valence-electron chi connectivity index (χ2n) is 8.38. The van der Waals surface area contributed by atoms with Crippen molar-refractivity contribution in [2.24, 2.45) is 0 Å². The van der Waals surface area contributed by atoms with Crippen molar-refractivity contribution in [3.63, 3.8) is 0 Å². The quantitative estimate of drug-likeness (QED) is 0.391. The Labute approximate surface area is 195 Å². The van der Waals surface area contributed by atoms with Crippen LogP contribution in [0.15, 0.2) is 46.9 Å². The number of aryl methyl sites for hydroxylation is 1. The lowest BCUT2D eigenvalue weighted by Crippen LogP contribution is -2.48. The van der Waals surface area contributed by atoms with E-state index in [9.17, 15) is 5.26 Å². The Balaban J connectivity index is 1.54. The summed E-state index contributed by atoms with van der Waals surface area (Å²) in [5.74, 6) is 0.925. The maximum Gasteiger partial charge on any atom is 0.119 e. The first kappa shape index (κ1) is 23.8. The van der Waals surface area contributed by atoms with E-state index >= 15 is 0 Å². The van der Waals surface area contributed by atoms with Gasteiger partial charge < -0.3 is 4.74 Å². The molecule has 166 valence electrons. The lowest BCUT2D eigenvalue weighted by Gasteiger charge is -2.39. The van der Waals surface area contributed by atoms with Crippen LogP contribution in [0.4, 0.5) is 0 Å². The van der Waals surface area contributed by atoms with Crippen LogP contribution in [0.1, 0.15) is 55.3 Å². The van der Waals surface area contributed by atoms with E-state index in [1.165, 1.54) is 31.2 Å². The Hall–Kier alpha value is -1.87. The minimum atomic E-state index is 0.444. The van der Waals surface area contributed by atoms with Gasteiger partial charge in [0.15, 0.2) is 0 Å². The largest absolute Gasteiger partial charge is 0.492 e. The molecule has 0 aliphatic carbocycles. The Morgan fingerprint density at radius 3 is 2.45 bits per heavy atom. The van der Waals surface area contributed by atoms with Gasteiger partial charge >= 0.3 is 0 Å². The first-order valence-corrected chi connectivity index (χ1v) is 12.3. The van der Waals surface area contributed by atoms with E-state index in [1.807, 2.05) is 30.3 Å². The van der Waals surface area contributed by atoms with E-state index in [0.717, 1.165) is 60.7 Å². The maximum absolute atomic E-state index is 9.28. The first-order chi connectivity index (χ1) is 15.1. The molecule has 1 heterocycles. The number of ether oxygens (including phenoxy) is 1. The molecule has 2 aromatic carbocycles. The highest BCUT2D eigenvalue weighted by molar-refractivity contribution is 9.10. The Morgan fingerprint density at radius 2 is 1.81 bits per heavy atom. The number of unbranched alkanes of at least 4 members (excludes halogenated alkanes) is 2. The van der Waals surface area contributed by atoms with Crippen molar-refractivity contribution in [3.8, 4) is 11.8 Å². The zero-order valence-electron chi connectivity index (χ0n) is 18.8. The van der Waals surface area contributed by atoms with Crippen molar-refractivity contribution < 1.29 is 4.74 Å². The molecule has 31 heavy (non-hydrogen) atoms. The molecule has 2 aromatic rings. The lowest BCUT2D eigenvalue weighted by molar-refractivity contribution is 0.0817. The Morgan fingerprint density at radius 1 is 1.06 bits per heavy atom. The summed E-state index contributed by atoms with van der Waals surface area (Å²) < 4.78 is 6.98. The molecular formula is C26H34BrN3O. The molecule has 1 fully saturated rings. The molecule has 1 aliphatic rings. The predicted molar refractivity (Wildman–Crippen MR) is 130 cm³/mol. The number of hydrogen-bond donors (Lipinski definition) is 0. The number of piperazine rings is 1. The maximum atomic E-state index is 9.28. The fourth-order valence-corrected chi connectivity index (χ4v) is 4.55. The molecule has 0 amide bonds. The van der Waals surface area contributed by atoms with Gasteiger partial charge in [0.25, 0.3) is 0 Å². The zero-order chi connectivity index (χ0) is 22.1. The van der Waals surface area contributed by atoms with Crippen LogP contribution >= 0.6 is 15.9 Å². The van der Waals surface area contributed by atoms with Crippen LogP contribution in [0.25, 0.3) is 0 Å². The van der Waals surface area contributed by atoms with Crippen LogP contribution in [0.3, 0.4) is 0 Å². The van der Waals surface area contributed by atoms with Crippen molar-refractivity contribution >= 4 is 15.9 Å². The van der Waals surface area contributed by atoms with Gasteiger partial charge in [-0.05, 0) is 54.8 Å². The zero-order valence-corrected chi connectivity index (χ0v) is 20.4. The third-order valence-electron chi connectivity index (χ3n) is 6.17. The fraction of sp³-hybridized carbons (Fsp3) is 0.500. The van der Waals surface area contributed by atoms with E-state index in [4.69, 9.17) is 4.74 Å². The van der Waals surface area contributed by atoms with Crippen molar-refractivity contribution in [1.29, 1.82) is 5.26 Å². The van der Waals surface area contributed by atoms with Gasteiger partial charge in [-0.15, -0.1) is 0 Å². The summed E-state index contributed by atoms with van der Waals surface area (Å²) >= 11 is 3.46. The fourth-order valence-electron chi connectivity index (χ4n) is 4.29. The average molecular weight is 484 g/mol. The lowest BCUT2D eigenvalue weighted by atomic mass is 9.95. The van der Waals surface area contributed by atoms with Crippen LogP contribution in [0, 0.1) is 18.3 Å². The number of hydrogen-bond acceptors (Lipinski definition) is 4. The minimum absolute atomic E-state index is 0.444. The monoisotopic (exact) mass is 483 g/mol. The van der Waals surface area contributed by atoms with Gasteiger partial charge in [-0.1, -0.05) is 54.2 Å². The van der Waals surface area contributed by atoms with Gasteiger partial charge in [0.05, 0.1) is 11.6 Å². The normalized spacial score (nSPS) is 16.1. The molecule has 1 saturated heterocycles. The number of halogens is 1. The third-order valence-corrected chi connectivity index (χ3v) is 6.70. The van der Waals surface area contributed by atoms with E-state index in [2.05, 4.69) is 57.8 Å². The highest BCUT2D eigenvalue weighted by Crippen LogP contribution is 2.29. The molecule has 1 atom stereocenters. The van der Waals surface area contributed by atoms with Crippen molar-refractivity contribution in [3.05, 3.63) is 63.6 Å². The smallest absolute Gasteiger partial charge is 0.119 e. The van der Waals surface area contributed by atoms with Crippen molar-refractivity contribution in [2.45, 2.75) is 45.6 Å². The second-order valence-corrected chi connectivity index (χ2v) is 9.29. The summed E-state index contributed by atoms with van der Waals surface area (Å²) in [7, 11) is 0. The Bertz CT molecular complexity index is 854. The summed E-state index contributed by atoms with van der Waals surface area (Å²) in [6.07, 6.45) is 4.96. The van der Waals surface area contributed by atoms with Gasteiger partial charge in [-0.25, -0.2) is 0 Å². The summed E-state index contributed by atoms with van der Waals surface area (Å²) in [5, 5.41) is 9.28. The summed E-state index contributed by atoms with van der Waals surface area (Å²) in [4.78, 5) is 5.14. The number of nitrogens with zero attached hydrogens (tertiary/aromatic N) is 3. The van der Waals surface area contributed by atoms with Gasteiger partial charge in [0.2, 0.25) is 0 Å². The van der Waals surface area contributed by atoms with Gasteiger partial charge in [-0.3, -0.25) is 9.80 Å². The number of benzene rings is 2. The van der Waals surface area contributed by atoms with E-state index in [1.54, 1.807) is 0 Å². The molecule has 0 N–H and O–H groups in total. The van der Waals surface area contributed by atoms with Crippen LogP contribution in [0.5, 0.6) is 5.75 Å².